The first-order valence-electron chi connectivity index (χ1n) is 6.59. The molecule has 0 spiro atoms. The standard InChI is InChI=1S/C13H15N3OS/c1-2-8-4-11(8)10(3-1)13-15-12(17-16-13)5-9-6-18-7-14-9/h6-8,10-11H,1-5H2. The van der Waals surface area contributed by atoms with Crippen molar-refractivity contribution in [1.82, 2.24) is 15.1 Å². The molecule has 2 aromatic heterocycles. The van der Waals surface area contributed by atoms with E-state index in [9.17, 15) is 0 Å². The van der Waals surface area contributed by atoms with Gasteiger partial charge in [-0.3, -0.25) is 0 Å². The summed E-state index contributed by atoms with van der Waals surface area (Å²) < 4.78 is 5.36. The van der Waals surface area contributed by atoms with Gasteiger partial charge in [-0.25, -0.2) is 4.98 Å². The van der Waals surface area contributed by atoms with Crippen LogP contribution >= 0.6 is 11.3 Å². The van der Waals surface area contributed by atoms with Crippen molar-refractivity contribution in [2.45, 2.75) is 38.0 Å². The Labute approximate surface area is 109 Å². The van der Waals surface area contributed by atoms with Crippen LogP contribution in [0.15, 0.2) is 15.4 Å². The van der Waals surface area contributed by atoms with Gasteiger partial charge < -0.3 is 4.52 Å². The summed E-state index contributed by atoms with van der Waals surface area (Å²) in [6.45, 7) is 0. The quantitative estimate of drug-likeness (QED) is 0.852. The van der Waals surface area contributed by atoms with Gasteiger partial charge in [-0.05, 0) is 24.7 Å². The normalized spacial score (nSPS) is 30.1. The van der Waals surface area contributed by atoms with Crippen molar-refractivity contribution in [3.05, 3.63) is 28.3 Å². The van der Waals surface area contributed by atoms with Crippen LogP contribution in [0.3, 0.4) is 0 Å². The highest BCUT2D eigenvalue weighted by Gasteiger charge is 2.47. The molecule has 0 aromatic carbocycles. The molecule has 2 aromatic rings. The molecule has 0 bridgehead atoms. The van der Waals surface area contributed by atoms with Crippen molar-refractivity contribution < 1.29 is 4.52 Å². The number of aromatic nitrogens is 3. The van der Waals surface area contributed by atoms with Crippen LogP contribution in [0.25, 0.3) is 0 Å². The summed E-state index contributed by atoms with van der Waals surface area (Å²) in [5.74, 6) is 3.98. The van der Waals surface area contributed by atoms with Gasteiger partial charge in [-0.2, -0.15) is 4.98 Å². The van der Waals surface area contributed by atoms with Crippen LogP contribution in [-0.2, 0) is 6.42 Å². The lowest BCUT2D eigenvalue weighted by Crippen LogP contribution is -2.09. The summed E-state index contributed by atoms with van der Waals surface area (Å²) >= 11 is 1.60. The molecule has 4 nitrogen and oxygen atoms in total. The highest BCUT2D eigenvalue weighted by molar-refractivity contribution is 7.07. The van der Waals surface area contributed by atoms with Crippen LogP contribution in [0.2, 0.25) is 0 Å². The summed E-state index contributed by atoms with van der Waals surface area (Å²) in [5, 5.41) is 6.22. The van der Waals surface area contributed by atoms with Gasteiger partial charge in [0.1, 0.15) is 0 Å². The van der Waals surface area contributed by atoms with Crippen molar-refractivity contribution >= 4 is 11.3 Å². The minimum Gasteiger partial charge on any atom is -0.339 e. The van der Waals surface area contributed by atoms with Gasteiger partial charge in [0, 0.05) is 11.3 Å². The van der Waals surface area contributed by atoms with E-state index in [-0.39, 0.29) is 0 Å². The number of nitrogens with zero attached hydrogens (tertiary/aromatic N) is 3. The monoisotopic (exact) mass is 261 g/mol. The van der Waals surface area contributed by atoms with Crippen molar-refractivity contribution in [2.75, 3.05) is 0 Å². The third-order valence-electron chi connectivity index (χ3n) is 4.22. The summed E-state index contributed by atoms with van der Waals surface area (Å²) in [7, 11) is 0. The van der Waals surface area contributed by atoms with Crippen molar-refractivity contribution in [2.24, 2.45) is 11.8 Å². The van der Waals surface area contributed by atoms with Crippen LogP contribution in [0.5, 0.6) is 0 Å². The molecule has 94 valence electrons. The lowest BCUT2D eigenvalue weighted by Gasteiger charge is -2.17. The molecule has 0 aliphatic heterocycles. The number of thiazole rings is 1. The Kier molecular flexibility index (Phi) is 2.46. The van der Waals surface area contributed by atoms with Gasteiger partial charge in [0.15, 0.2) is 5.82 Å². The van der Waals surface area contributed by atoms with E-state index in [0.29, 0.717) is 18.2 Å². The summed E-state index contributed by atoms with van der Waals surface area (Å²) in [6.07, 6.45) is 6.00. The van der Waals surface area contributed by atoms with Gasteiger partial charge in [-0.15, -0.1) is 11.3 Å². The zero-order chi connectivity index (χ0) is 11.9. The summed E-state index contributed by atoms with van der Waals surface area (Å²) in [4.78, 5) is 8.82. The third-order valence-corrected chi connectivity index (χ3v) is 4.85. The van der Waals surface area contributed by atoms with E-state index in [1.54, 1.807) is 11.3 Å². The summed E-state index contributed by atoms with van der Waals surface area (Å²) in [6, 6.07) is 0. The van der Waals surface area contributed by atoms with E-state index in [1.807, 2.05) is 10.9 Å². The molecule has 2 heterocycles. The second-order valence-corrected chi connectivity index (χ2v) is 6.12. The van der Waals surface area contributed by atoms with E-state index >= 15 is 0 Å². The largest absolute Gasteiger partial charge is 0.339 e. The molecule has 0 amide bonds. The number of hydrogen-bond acceptors (Lipinski definition) is 5. The highest BCUT2D eigenvalue weighted by Crippen LogP contribution is 2.55. The molecule has 4 rings (SSSR count). The molecular weight excluding hydrogens is 246 g/mol. The maximum Gasteiger partial charge on any atom is 0.232 e. The molecule has 2 aliphatic carbocycles. The molecule has 2 fully saturated rings. The van der Waals surface area contributed by atoms with Gasteiger partial charge in [0.25, 0.3) is 0 Å². The van der Waals surface area contributed by atoms with Crippen LogP contribution < -0.4 is 0 Å². The van der Waals surface area contributed by atoms with Crippen LogP contribution in [0.4, 0.5) is 0 Å². The zero-order valence-electron chi connectivity index (χ0n) is 10.1. The lowest BCUT2D eigenvalue weighted by molar-refractivity contribution is 0.355. The lowest BCUT2D eigenvalue weighted by atomic mass is 9.88. The smallest absolute Gasteiger partial charge is 0.232 e. The zero-order valence-corrected chi connectivity index (χ0v) is 10.9. The summed E-state index contributed by atoms with van der Waals surface area (Å²) in [5.41, 5.74) is 2.85. The highest BCUT2D eigenvalue weighted by atomic mass is 32.1. The predicted octanol–water partition coefficient (Wildman–Crippen LogP) is 3.02. The fourth-order valence-electron chi connectivity index (χ4n) is 3.20. The fraction of sp³-hybridized carbons (Fsp3) is 0.615. The first kappa shape index (κ1) is 10.7. The topological polar surface area (TPSA) is 51.8 Å². The molecule has 3 unspecified atom stereocenters. The fourth-order valence-corrected chi connectivity index (χ4v) is 3.76. The minimum atomic E-state index is 0.552. The van der Waals surface area contributed by atoms with Gasteiger partial charge in [0.2, 0.25) is 5.89 Å². The second-order valence-electron chi connectivity index (χ2n) is 5.40. The minimum absolute atomic E-state index is 0.552. The van der Waals surface area contributed by atoms with Crippen LogP contribution in [0.1, 0.15) is 49.0 Å². The SMILES string of the molecule is c1nc(Cc2nc(C3CCCC4CC43)no2)cs1. The van der Waals surface area contributed by atoms with Crippen molar-refractivity contribution in [3.8, 4) is 0 Å². The molecule has 18 heavy (non-hydrogen) atoms. The van der Waals surface area contributed by atoms with Crippen LogP contribution in [-0.4, -0.2) is 15.1 Å². The Bertz CT molecular complexity index is 536. The third kappa shape index (κ3) is 1.86. The Morgan fingerprint density at radius 1 is 1.39 bits per heavy atom. The molecule has 2 aliphatic rings. The van der Waals surface area contributed by atoms with Crippen molar-refractivity contribution in [1.29, 1.82) is 0 Å². The van der Waals surface area contributed by atoms with Gasteiger partial charge in [-0.1, -0.05) is 18.0 Å². The average molecular weight is 261 g/mol. The molecule has 0 N–H and O–H groups in total. The van der Waals surface area contributed by atoms with Gasteiger partial charge >= 0.3 is 0 Å². The number of hydrogen-bond donors (Lipinski definition) is 0. The Morgan fingerprint density at radius 2 is 2.39 bits per heavy atom. The van der Waals surface area contributed by atoms with E-state index in [1.165, 1.54) is 25.7 Å². The average Bonchev–Trinajstić information content (AvgIpc) is 2.80. The first-order valence-corrected chi connectivity index (χ1v) is 7.54. The molecule has 2 saturated carbocycles. The molecule has 0 saturated heterocycles. The van der Waals surface area contributed by atoms with E-state index < -0.39 is 0 Å². The molecule has 3 atom stereocenters. The van der Waals surface area contributed by atoms with Gasteiger partial charge in [0.05, 0.1) is 17.6 Å². The predicted molar refractivity (Wildman–Crippen MR) is 67.4 cm³/mol. The number of fused-ring (bicyclic) bond motifs is 1. The Morgan fingerprint density at radius 3 is 3.28 bits per heavy atom. The maximum atomic E-state index is 5.36. The van der Waals surface area contributed by atoms with E-state index in [0.717, 1.165) is 23.4 Å². The Balaban J connectivity index is 1.51. The maximum absolute atomic E-state index is 5.36. The van der Waals surface area contributed by atoms with E-state index in [4.69, 9.17) is 4.52 Å². The van der Waals surface area contributed by atoms with Crippen molar-refractivity contribution in [3.63, 3.8) is 0 Å². The van der Waals surface area contributed by atoms with E-state index in [2.05, 4.69) is 15.1 Å². The first-order chi connectivity index (χ1) is 8.90. The molecule has 0 radical (unpaired) electrons. The number of rotatable bonds is 3. The molecule has 5 heteroatoms. The molecular formula is C13H15N3OS. The van der Waals surface area contributed by atoms with Crippen LogP contribution in [0, 0.1) is 11.8 Å². The second kappa shape index (κ2) is 4.16. The Hall–Kier alpha value is -1.23.